The second-order valence-electron chi connectivity index (χ2n) is 15.6. The van der Waals surface area contributed by atoms with E-state index in [0.29, 0.717) is 19.3 Å². The van der Waals surface area contributed by atoms with E-state index in [1.807, 2.05) is 54.5 Å². The number of ketones is 2. The summed E-state index contributed by atoms with van der Waals surface area (Å²) in [5.41, 5.74) is -3.84. The Morgan fingerprint density at radius 1 is 1.06 bits per heavy atom. The molecule has 0 aromatic heterocycles. The first-order chi connectivity index (χ1) is 22.4. The molecular weight excluding hydrogens is 616 g/mol. The van der Waals surface area contributed by atoms with Gasteiger partial charge >= 0.3 is 0 Å². The molecule has 4 aliphatic heterocycles. The van der Waals surface area contributed by atoms with Crippen LogP contribution in [0.4, 0.5) is 0 Å². The first-order valence-electron chi connectivity index (χ1n) is 16.7. The van der Waals surface area contributed by atoms with Gasteiger partial charge in [-0.05, 0) is 92.9 Å². The molecule has 1 aromatic carbocycles. The van der Waals surface area contributed by atoms with Gasteiger partial charge in [-0.3, -0.25) is 14.4 Å². The molecule has 8 rings (SSSR count). The summed E-state index contributed by atoms with van der Waals surface area (Å²) >= 11 is 0. The maximum atomic E-state index is 14.8. The minimum Gasteiger partial charge on any atom is -0.506 e. The van der Waals surface area contributed by atoms with E-state index < -0.39 is 57.8 Å². The number of ether oxygens (including phenoxy) is 5. The van der Waals surface area contributed by atoms with Crippen LogP contribution in [0.1, 0.15) is 109 Å². The van der Waals surface area contributed by atoms with Crippen molar-refractivity contribution in [3.8, 4) is 17.2 Å². The van der Waals surface area contributed by atoms with Crippen molar-refractivity contribution in [2.24, 2.45) is 11.8 Å². The number of epoxide rings is 1. The zero-order valence-electron chi connectivity index (χ0n) is 28.8. The van der Waals surface area contributed by atoms with E-state index in [9.17, 15) is 24.6 Å². The summed E-state index contributed by atoms with van der Waals surface area (Å²) in [6.45, 7) is 15.4. The normalized spacial score (nSPS) is 35.0. The van der Waals surface area contributed by atoms with Crippen LogP contribution in [0.3, 0.4) is 0 Å². The average molecular weight is 661 g/mol. The summed E-state index contributed by atoms with van der Waals surface area (Å²) in [6.07, 6.45) is 8.76. The van der Waals surface area contributed by atoms with E-state index in [0.717, 1.165) is 6.42 Å². The second-order valence-corrected chi connectivity index (χ2v) is 15.6. The highest BCUT2D eigenvalue weighted by Gasteiger charge is 2.81. The SMILES string of the molecule is CC(C)=CCC[C@@]1(C)C=Cc2c(O)c3c(c(C(O)C4OC4(C)C)c2O1)O[C@]12C(=C[C@@H]4CC1C(C)(C)O[C@]2(C/C=C(/C)OC=O)C4=O)C3=O. The maximum absolute atomic E-state index is 14.8. The smallest absolute Gasteiger partial charge is 0.298 e. The number of carbonyl (C=O) groups excluding carboxylic acids is 3. The van der Waals surface area contributed by atoms with Crippen LogP contribution in [0.5, 0.6) is 17.2 Å². The number of phenols is 1. The van der Waals surface area contributed by atoms with Gasteiger partial charge in [-0.2, -0.15) is 0 Å². The lowest BCUT2D eigenvalue weighted by atomic mass is 9.51. The van der Waals surface area contributed by atoms with Gasteiger partial charge in [0, 0.05) is 23.8 Å². The lowest BCUT2D eigenvalue weighted by Crippen LogP contribution is -2.72. The van der Waals surface area contributed by atoms with Crippen LogP contribution >= 0.6 is 0 Å². The summed E-state index contributed by atoms with van der Waals surface area (Å²) in [7, 11) is 0. The van der Waals surface area contributed by atoms with Gasteiger partial charge in [-0.25, -0.2) is 0 Å². The van der Waals surface area contributed by atoms with Gasteiger partial charge in [0.25, 0.3) is 6.47 Å². The zero-order valence-corrected chi connectivity index (χ0v) is 28.8. The molecular formula is C38H44O10. The van der Waals surface area contributed by atoms with E-state index in [2.05, 4.69) is 6.08 Å². The number of benzene rings is 1. The minimum atomic E-state index is -1.66. The fourth-order valence-corrected chi connectivity index (χ4v) is 8.82. The summed E-state index contributed by atoms with van der Waals surface area (Å²) in [6, 6.07) is 0. The number of Topliss-reactive ketones (excluding diaryl/α,β-unsaturated/α-hetero) is 2. The quantitative estimate of drug-likeness (QED) is 0.141. The number of aromatic hydroxyl groups is 1. The van der Waals surface area contributed by atoms with Gasteiger partial charge in [0.2, 0.25) is 0 Å². The Labute approximate surface area is 280 Å². The molecule has 10 heteroatoms. The van der Waals surface area contributed by atoms with Crippen LogP contribution in [-0.4, -0.2) is 62.4 Å². The summed E-state index contributed by atoms with van der Waals surface area (Å²) < 4.78 is 31.5. The highest BCUT2D eigenvalue weighted by Crippen LogP contribution is 2.69. The van der Waals surface area contributed by atoms with Crippen molar-refractivity contribution >= 4 is 24.1 Å². The van der Waals surface area contributed by atoms with Gasteiger partial charge in [-0.15, -0.1) is 0 Å². The fourth-order valence-electron chi connectivity index (χ4n) is 8.82. The van der Waals surface area contributed by atoms with E-state index in [1.54, 1.807) is 25.2 Å². The molecule has 0 radical (unpaired) electrons. The molecule has 1 spiro atoms. The third-order valence-corrected chi connectivity index (χ3v) is 11.2. The Kier molecular flexibility index (Phi) is 7.10. The number of hydrogen-bond acceptors (Lipinski definition) is 10. The summed E-state index contributed by atoms with van der Waals surface area (Å²) in [5, 5.41) is 23.9. The zero-order chi connectivity index (χ0) is 34.8. The maximum Gasteiger partial charge on any atom is 0.298 e. The monoisotopic (exact) mass is 660 g/mol. The van der Waals surface area contributed by atoms with Crippen molar-refractivity contribution in [1.82, 2.24) is 0 Å². The van der Waals surface area contributed by atoms with Gasteiger partial charge in [-0.1, -0.05) is 17.7 Å². The number of allylic oxidation sites excluding steroid dienone is 4. The van der Waals surface area contributed by atoms with Gasteiger partial charge in [0.15, 0.2) is 22.8 Å². The lowest BCUT2D eigenvalue weighted by Gasteiger charge is -2.56. The lowest BCUT2D eigenvalue weighted by molar-refractivity contribution is -0.171. The van der Waals surface area contributed by atoms with Crippen LogP contribution in [0.2, 0.25) is 0 Å². The number of hydrogen-bond donors (Lipinski definition) is 2. The molecule has 2 saturated heterocycles. The van der Waals surface area contributed by atoms with Crippen molar-refractivity contribution in [3.63, 3.8) is 0 Å². The summed E-state index contributed by atoms with van der Waals surface area (Å²) in [4.78, 5) is 40.3. The van der Waals surface area contributed by atoms with Crippen LogP contribution in [0.25, 0.3) is 6.08 Å². The number of carbonyl (C=O) groups is 3. The molecule has 2 N–H and O–H groups in total. The van der Waals surface area contributed by atoms with Crippen LogP contribution in [0.15, 0.2) is 41.2 Å². The molecule has 0 amide bonds. The van der Waals surface area contributed by atoms with Crippen LogP contribution in [0, 0.1) is 11.8 Å². The Bertz CT molecular complexity index is 1770. The molecule has 7 aliphatic rings. The van der Waals surface area contributed by atoms with Gasteiger partial charge in [0.05, 0.1) is 22.3 Å². The molecule has 256 valence electrons. The number of aliphatic hydroxyl groups is 1. The van der Waals surface area contributed by atoms with Crippen molar-refractivity contribution in [1.29, 1.82) is 0 Å². The second kappa shape index (κ2) is 10.4. The molecule has 3 unspecified atom stereocenters. The fraction of sp³-hybridized carbons (Fsp3) is 0.553. The Morgan fingerprint density at radius 3 is 2.42 bits per heavy atom. The first kappa shape index (κ1) is 32.8. The van der Waals surface area contributed by atoms with Crippen molar-refractivity contribution in [3.05, 3.63) is 57.9 Å². The van der Waals surface area contributed by atoms with E-state index in [-0.39, 0.29) is 57.5 Å². The topological polar surface area (TPSA) is 141 Å². The first-order valence-corrected chi connectivity index (χ1v) is 16.7. The minimum absolute atomic E-state index is 0.0306. The molecule has 10 nitrogen and oxygen atoms in total. The van der Waals surface area contributed by atoms with Crippen molar-refractivity contribution < 1.29 is 48.3 Å². The number of fused-ring (bicyclic) bond motifs is 2. The van der Waals surface area contributed by atoms with E-state index >= 15 is 0 Å². The van der Waals surface area contributed by atoms with Gasteiger partial charge < -0.3 is 33.9 Å². The molecule has 3 fully saturated rings. The van der Waals surface area contributed by atoms with Crippen LogP contribution < -0.4 is 9.47 Å². The number of rotatable bonds is 9. The molecule has 3 aliphatic carbocycles. The molecule has 7 atom stereocenters. The van der Waals surface area contributed by atoms with Crippen LogP contribution in [-0.2, 0) is 23.8 Å². The average Bonchev–Trinajstić information content (AvgIpc) is 3.60. The number of aliphatic hydroxyl groups excluding tert-OH is 1. The largest absolute Gasteiger partial charge is 0.506 e. The Morgan fingerprint density at radius 2 is 1.77 bits per heavy atom. The van der Waals surface area contributed by atoms with Crippen molar-refractivity contribution in [2.75, 3.05) is 0 Å². The molecule has 1 aromatic rings. The predicted octanol–water partition coefficient (Wildman–Crippen LogP) is 5.99. The highest BCUT2D eigenvalue weighted by molar-refractivity contribution is 6.19. The number of phenolic OH excluding ortho intramolecular Hbond substituents is 1. The standard InChI is InChI=1S/C38H44O10/c1-19(2)10-9-13-36(8)14-12-22-27(40)25-28(41)23-16-21-17-24-34(4,5)48-37(32(21)43,15-11-20(3)44-18-39)38(23,24)46-31(25)26(30(22)45-36)29(42)33-35(6,7)47-33/h10-12,14,16,18,21,24,29,33,40,42H,9,13,15,17H2,1-8H3/b20-11-/t21-,24?,29?,33?,36+,37-,38-/m1/s1. The molecule has 1 saturated carbocycles. The Hall–Kier alpha value is -3.73. The van der Waals surface area contributed by atoms with E-state index in [1.165, 1.54) is 5.57 Å². The molecule has 48 heavy (non-hydrogen) atoms. The van der Waals surface area contributed by atoms with Crippen molar-refractivity contribution in [2.45, 2.75) is 121 Å². The third kappa shape index (κ3) is 4.38. The van der Waals surface area contributed by atoms with E-state index in [4.69, 9.17) is 23.7 Å². The molecule has 4 heterocycles. The Balaban J connectivity index is 1.46. The van der Waals surface area contributed by atoms with Gasteiger partial charge in [0.1, 0.15) is 46.4 Å². The summed E-state index contributed by atoms with van der Waals surface area (Å²) in [5.74, 6) is -1.67. The third-order valence-electron chi connectivity index (χ3n) is 11.2. The predicted molar refractivity (Wildman–Crippen MR) is 175 cm³/mol. The highest BCUT2D eigenvalue weighted by atomic mass is 16.6. The molecule has 4 bridgehead atoms.